The SMILES string of the molecule is COc1ccc(CCN(CCC(=O)O)C(=O)c2ccccc2-c2ccccc2C(=O)NCc2ccccc2C)cc1. The van der Waals surface area contributed by atoms with E-state index in [-0.39, 0.29) is 24.8 Å². The summed E-state index contributed by atoms with van der Waals surface area (Å²) in [7, 11) is 1.60. The number of methoxy groups -OCH3 is 1. The van der Waals surface area contributed by atoms with Crippen LogP contribution in [0.5, 0.6) is 5.75 Å². The van der Waals surface area contributed by atoms with E-state index in [4.69, 9.17) is 4.74 Å². The lowest BCUT2D eigenvalue weighted by Gasteiger charge is -2.24. The average molecular weight is 551 g/mol. The molecule has 0 bridgehead atoms. The van der Waals surface area contributed by atoms with E-state index in [1.807, 2.05) is 79.7 Å². The van der Waals surface area contributed by atoms with Crippen molar-refractivity contribution in [1.29, 1.82) is 0 Å². The second kappa shape index (κ2) is 13.9. The first kappa shape index (κ1) is 29.1. The fraction of sp³-hybridized carbons (Fsp3) is 0.206. The maximum Gasteiger partial charge on any atom is 0.305 e. The monoisotopic (exact) mass is 550 g/mol. The van der Waals surface area contributed by atoms with Gasteiger partial charge in [-0.3, -0.25) is 14.4 Å². The first-order chi connectivity index (χ1) is 19.9. The molecule has 0 aliphatic heterocycles. The molecular formula is C34H34N2O5. The standard InChI is InChI=1S/C34H34N2O5/c1-24-9-3-4-10-26(24)23-35-33(39)30-13-7-5-11-28(30)29-12-6-8-14-31(29)34(40)36(22-20-32(37)38)21-19-25-15-17-27(41-2)18-16-25/h3-18H,19-23H2,1-2H3,(H,35,39)(H,37,38). The van der Waals surface area contributed by atoms with Crippen molar-refractivity contribution in [2.75, 3.05) is 20.2 Å². The van der Waals surface area contributed by atoms with Crippen molar-refractivity contribution in [3.05, 3.63) is 125 Å². The summed E-state index contributed by atoms with van der Waals surface area (Å²) < 4.78 is 5.22. The van der Waals surface area contributed by atoms with E-state index in [1.165, 1.54) is 0 Å². The van der Waals surface area contributed by atoms with E-state index in [0.717, 1.165) is 22.4 Å². The Balaban J connectivity index is 1.60. The number of nitrogens with one attached hydrogen (secondary N) is 1. The molecule has 0 aromatic heterocycles. The van der Waals surface area contributed by atoms with Crippen LogP contribution in [0.2, 0.25) is 0 Å². The number of hydrogen-bond acceptors (Lipinski definition) is 4. The molecule has 0 aliphatic carbocycles. The molecule has 4 aromatic rings. The maximum atomic E-state index is 13.9. The van der Waals surface area contributed by atoms with Gasteiger partial charge in [0.1, 0.15) is 5.75 Å². The van der Waals surface area contributed by atoms with Crippen LogP contribution >= 0.6 is 0 Å². The molecule has 0 saturated heterocycles. The van der Waals surface area contributed by atoms with E-state index in [9.17, 15) is 19.5 Å². The summed E-state index contributed by atoms with van der Waals surface area (Å²) in [6, 6.07) is 29.8. The van der Waals surface area contributed by atoms with Crippen LogP contribution < -0.4 is 10.1 Å². The summed E-state index contributed by atoms with van der Waals surface area (Å²) in [5.41, 5.74) is 5.23. The third-order valence-corrected chi connectivity index (χ3v) is 7.03. The minimum atomic E-state index is -0.976. The second-order valence-corrected chi connectivity index (χ2v) is 9.73. The van der Waals surface area contributed by atoms with Crippen LogP contribution in [0.15, 0.2) is 97.1 Å². The Morgan fingerprint density at radius 1 is 0.780 bits per heavy atom. The van der Waals surface area contributed by atoms with Gasteiger partial charge in [0.2, 0.25) is 0 Å². The maximum absolute atomic E-state index is 13.9. The number of carbonyl (C=O) groups excluding carboxylic acids is 2. The summed E-state index contributed by atoms with van der Waals surface area (Å²) >= 11 is 0. The molecule has 2 N–H and O–H groups in total. The molecule has 0 aliphatic rings. The zero-order valence-corrected chi connectivity index (χ0v) is 23.3. The summed E-state index contributed by atoms with van der Waals surface area (Å²) in [5, 5.41) is 12.3. The van der Waals surface area contributed by atoms with Crippen LogP contribution in [0.4, 0.5) is 0 Å². The molecule has 4 rings (SSSR count). The largest absolute Gasteiger partial charge is 0.497 e. The summed E-state index contributed by atoms with van der Waals surface area (Å²) in [6.07, 6.45) is 0.379. The number of ether oxygens (including phenoxy) is 1. The van der Waals surface area contributed by atoms with E-state index >= 15 is 0 Å². The number of carboxylic acid groups (broad SMARTS) is 1. The number of benzene rings is 4. The highest BCUT2D eigenvalue weighted by molar-refractivity contribution is 6.06. The molecule has 0 fully saturated rings. The molecule has 7 nitrogen and oxygen atoms in total. The highest BCUT2D eigenvalue weighted by atomic mass is 16.5. The predicted octanol–water partition coefficient (Wildman–Crippen LogP) is 5.76. The first-order valence-electron chi connectivity index (χ1n) is 13.5. The van der Waals surface area contributed by atoms with Crippen LogP contribution in [0.25, 0.3) is 11.1 Å². The summed E-state index contributed by atoms with van der Waals surface area (Å²) in [5.74, 6) is -0.766. The van der Waals surface area contributed by atoms with Crippen molar-refractivity contribution in [2.45, 2.75) is 26.3 Å². The van der Waals surface area contributed by atoms with Crippen LogP contribution in [0.1, 0.15) is 43.8 Å². The van der Waals surface area contributed by atoms with Crippen molar-refractivity contribution in [1.82, 2.24) is 10.2 Å². The van der Waals surface area contributed by atoms with Gasteiger partial charge < -0.3 is 20.1 Å². The molecule has 2 amide bonds. The van der Waals surface area contributed by atoms with Gasteiger partial charge in [-0.2, -0.15) is 0 Å². The van der Waals surface area contributed by atoms with Crippen LogP contribution in [-0.2, 0) is 17.8 Å². The Labute approximate surface area is 240 Å². The van der Waals surface area contributed by atoms with Gasteiger partial charge in [-0.25, -0.2) is 0 Å². The van der Waals surface area contributed by atoms with E-state index in [2.05, 4.69) is 5.32 Å². The Morgan fingerprint density at radius 3 is 2.05 bits per heavy atom. The fourth-order valence-corrected chi connectivity index (χ4v) is 4.67. The minimum Gasteiger partial charge on any atom is -0.497 e. The topological polar surface area (TPSA) is 95.9 Å². The third-order valence-electron chi connectivity index (χ3n) is 7.03. The molecule has 4 aromatic carbocycles. The molecule has 7 heteroatoms. The first-order valence-corrected chi connectivity index (χ1v) is 13.5. The molecule has 0 saturated carbocycles. The van der Waals surface area contributed by atoms with Gasteiger partial charge >= 0.3 is 5.97 Å². The second-order valence-electron chi connectivity index (χ2n) is 9.73. The van der Waals surface area contributed by atoms with Gasteiger partial charge in [-0.15, -0.1) is 0 Å². The molecule has 0 radical (unpaired) electrons. The lowest BCUT2D eigenvalue weighted by molar-refractivity contribution is -0.137. The zero-order valence-electron chi connectivity index (χ0n) is 23.3. The van der Waals surface area contributed by atoms with Gasteiger partial charge in [-0.05, 0) is 65.4 Å². The van der Waals surface area contributed by atoms with Crippen molar-refractivity contribution in [2.24, 2.45) is 0 Å². The number of nitrogens with zero attached hydrogens (tertiary/aromatic N) is 1. The fourth-order valence-electron chi connectivity index (χ4n) is 4.67. The van der Waals surface area contributed by atoms with E-state index in [1.54, 1.807) is 36.3 Å². The van der Waals surface area contributed by atoms with E-state index in [0.29, 0.717) is 41.8 Å². The normalized spacial score (nSPS) is 10.6. The van der Waals surface area contributed by atoms with Gasteiger partial charge in [0.25, 0.3) is 11.8 Å². The number of amides is 2. The number of aryl methyl sites for hydroxylation is 1. The highest BCUT2D eigenvalue weighted by Gasteiger charge is 2.22. The molecule has 0 spiro atoms. The van der Waals surface area contributed by atoms with Gasteiger partial charge in [0.15, 0.2) is 0 Å². The van der Waals surface area contributed by atoms with Crippen LogP contribution in [-0.4, -0.2) is 48.0 Å². The van der Waals surface area contributed by atoms with Gasteiger partial charge in [0.05, 0.1) is 13.5 Å². The quantitative estimate of drug-likeness (QED) is 0.234. The smallest absolute Gasteiger partial charge is 0.305 e. The van der Waals surface area contributed by atoms with Crippen molar-refractivity contribution < 1.29 is 24.2 Å². The third kappa shape index (κ3) is 7.60. The number of aliphatic carboxylic acids is 1. The van der Waals surface area contributed by atoms with E-state index < -0.39 is 5.97 Å². The Hall–Kier alpha value is -4.91. The lowest BCUT2D eigenvalue weighted by Crippen LogP contribution is -2.35. The number of rotatable bonds is 12. The lowest BCUT2D eigenvalue weighted by atomic mass is 9.94. The van der Waals surface area contributed by atoms with Crippen LogP contribution in [0, 0.1) is 6.92 Å². The van der Waals surface area contributed by atoms with Gasteiger partial charge in [0, 0.05) is 30.8 Å². The Bertz CT molecular complexity index is 1510. The summed E-state index contributed by atoms with van der Waals surface area (Å²) in [4.78, 5) is 40.2. The van der Waals surface area contributed by atoms with Gasteiger partial charge in [-0.1, -0.05) is 72.8 Å². The molecule has 0 atom stereocenters. The zero-order chi connectivity index (χ0) is 29.2. The number of hydrogen-bond donors (Lipinski definition) is 2. The molecular weight excluding hydrogens is 516 g/mol. The molecule has 0 heterocycles. The summed E-state index contributed by atoms with van der Waals surface area (Å²) in [6.45, 7) is 2.79. The van der Waals surface area contributed by atoms with Crippen LogP contribution in [0.3, 0.4) is 0 Å². The predicted molar refractivity (Wildman–Crippen MR) is 159 cm³/mol. The average Bonchev–Trinajstić information content (AvgIpc) is 3.00. The Kier molecular flexibility index (Phi) is 9.89. The van der Waals surface area contributed by atoms with Crippen molar-refractivity contribution in [3.63, 3.8) is 0 Å². The van der Waals surface area contributed by atoms with Crippen molar-refractivity contribution in [3.8, 4) is 16.9 Å². The minimum absolute atomic E-state index is 0.0667. The Morgan fingerprint density at radius 2 is 1.39 bits per heavy atom. The molecule has 210 valence electrons. The van der Waals surface area contributed by atoms with Crippen molar-refractivity contribution >= 4 is 17.8 Å². The molecule has 0 unspecified atom stereocenters. The highest BCUT2D eigenvalue weighted by Crippen LogP contribution is 2.29. The number of carboxylic acids is 1. The molecule has 41 heavy (non-hydrogen) atoms. The number of carbonyl (C=O) groups is 3.